The minimum atomic E-state index is -0.405. The third kappa shape index (κ3) is 3.27. The van der Waals surface area contributed by atoms with Gasteiger partial charge in [-0.1, -0.05) is 11.3 Å². The molecule has 2 heterocycles. The SMILES string of the molecule is COc1cc(/C=N/NC(=O)c2cccnc2)cc2sc(=O)oc12. The molecule has 1 N–H and O–H groups in total. The second-order valence-corrected chi connectivity index (χ2v) is 5.42. The van der Waals surface area contributed by atoms with E-state index in [1.54, 1.807) is 30.5 Å². The zero-order valence-electron chi connectivity index (χ0n) is 12.0. The maximum atomic E-state index is 11.8. The molecule has 0 unspecified atom stereocenters. The second-order valence-electron chi connectivity index (χ2n) is 4.45. The zero-order valence-corrected chi connectivity index (χ0v) is 12.8. The zero-order chi connectivity index (χ0) is 16.2. The number of amides is 1. The van der Waals surface area contributed by atoms with Crippen LogP contribution < -0.4 is 15.1 Å². The largest absolute Gasteiger partial charge is 0.493 e. The molecule has 116 valence electrons. The number of aromatic nitrogens is 1. The van der Waals surface area contributed by atoms with Crippen molar-refractivity contribution in [2.45, 2.75) is 0 Å². The Balaban J connectivity index is 1.81. The summed E-state index contributed by atoms with van der Waals surface area (Å²) in [4.78, 5) is 26.6. The van der Waals surface area contributed by atoms with Gasteiger partial charge in [0.2, 0.25) is 0 Å². The monoisotopic (exact) mass is 329 g/mol. The Bertz CT molecular complexity index is 931. The molecule has 0 saturated heterocycles. The van der Waals surface area contributed by atoms with Crippen molar-refractivity contribution in [1.82, 2.24) is 10.4 Å². The van der Waals surface area contributed by atoms with Gasteiger partial charge < -0.3 is 9.15 Å². The van der Waals surface area contributed by atoms with Crippen LogP contribution in [0.2, 0.25) is 0 Å². The average Bonchev–Trinajstić information content (AvgIpc) is 2.95. The maximum Gasteiger partial charge on any atom is 0.396 e. The molecule has 3 rings (SSSR count). The minimum Gasteiger partial charge on any atom is -0.493 e. The predicted octanol–water partition coefficient (Wildman–Crippen LogP) is 2.02. The molecule has 3 aromatic rings. The van der Waals surface area contributed by atoms with E-state index in [4.69, 9.17) is 9.15 Å². The lowest BCUT2D eigenvalue weighted by molar-refractivity contribution is 0.0955. The van der Waals surface area contributed by atoms with E-state index in [1.165, 1.54) is 19.5 Å². The molecule has 0 bridgehead atoms. The number of ether oxygens (including phenoxy) is 1. The van der Waals surface area contributed by atoms with Gasteiger partial charge in [-0.25, -0.2) is 10.2 Å². The van der Waals surface area contributed by atoms with Gasteiger partial charge in [-0.3, -0.25) is 9.78 Å². The fourth-order valence-electron chi connectivity index (χ4n) is 1.92. The first-order valence-electron chi connectivity index (χ1n) is 6.52. The summed E-state index contributed by atoms with van der Waals surface area (Å²) < 4.78 is 10.9. The Morgan fingerprint density at radius 3 is 3.09 bits per heavy atom. The van der Waals surface area contributed by atoms with E-state index in [1.807, 2.05) is 0 Å². The van der Waals surface area contributed by atoms with E-state index in [-0.39, 0.29) is 5.91 Å². The number of methoxy groups -OCH3 is 1. The molecule has 1 amide bonds. The van der Waals surface area contributed by atoms with E-state index in [2.05, 4.69) is 15.5 Å². The lowest BCUT2D eigenvalue weighted by Crippen LogP contribution is -2.17. The number of hydrogen-bond acceptors (Lipinski definition) is 7. The summed E-state index contributed by atoms with van der Waals surface area (Å²) in [6.07, 6.45) is 4.49. The molecule has 23 heavy (non-hydrogen) atoms. The van der Waals surface area contributed by atoms with Crippen LogP contribution >= 0.6 is 11.3 Å². The molecule has 8 heteroatoms. The number of benzene rings is 1. The Labute approximate surface area is 134 Å². The van der Waals surface area contributed by atoms with Gasteiger partial charge in [0.05, 0.1) is 23.6 Å². The van der Waals surface area contributed by atoms with Crippen LogP contribution in [0.3, 0.4) is 0 Å². The summed E-state index contributed by atoms with van der Waals surface area (Å²) >= 11 is 0.973. The molecule has 0 aliphatic carbocycles. The number of nitrogens with zero attached hydrogens (tertiary/aromatic N) is 2. The highest BCUT2D eigenvalue weighted by Gasteiger charge is 2.10. The number of hydrazone groups is 1. The third-order valence-electron chi connectivity index (χ3n) is 2.95. The molecule has 2 aromatic heterocycles. The van der Waals surface area contributed by atoms with Crippen molar-refractivity contribution in [2.24, 2.45) is 5.10 Å². The van der Waals surface area contributed by atoms with Crippen molar-refractivity contribution in [3.05, 3.63) is 57.5 Å². The van der Waals surface area contributed by atoms with Crippen molar-refractivity contribution >= 4 is 33.7 Å². The molecule has 0 aliphatic rings. The maximum absolute atomic E-state index is 11.8. The number of fused-ring (bicyclic) bond motifs is 1. The van der Waals surface area contributed by atoms with E-state index in [0.717, 1.165) is 11.3 Å². The van der Waals surface area contributed by atoms with Gasteiger partial charge in [-0.2, -0.15) is 5.10 Å². The fraction of sp³-hybridized carbons (Fsp3) is 0.0667. The summed E-state index contributed by atoms with van der Waals surface area (Å²) in [6.45, 7) is 0. The topological polar surface area (TPSA) is 93.8 Å². The molecule has 0 aliphatic heterocycles. The Morgan fingerprint density at radius 2 is 2.35 bits per heavy atom. The van der Waals surface area contributed by atoms with Gasteiger partial charge in [0, 0.05) is 12.4 Å². The van der Waals surface area contributed by atoms with Gasteiger partial charge in [0.1, 0.15) is 0 Å². The lowest BCUT2D eigenvalue weighted by atomic mass is 10.2. The van der Waals surface area contributed by atoms with Crippen LogP contribution in [-0.2, 0) is 0 Å². The first kappa shape index (κ1) is 14.9. The number of pyridine rings is 1. The summed E-state index contributed by atoms with van der Waals surface area (Å²) in [6, 6.07) is 6.69. The normalized spacial score (nSPS) is 11.0. The average molecular weight is 329 g/mol. The molecule has 0 fully saturated rings. The van der Waals surface area contributed by atoms with Crippen LogP contribution in [0.25, 0.3) is 10.3 Å². The standard InChI is InChI=1S/C15H11N3O4S/c1-21-11-5-9(6-12-13(11)22-15(20)23-12)7-17-18-14(19)10-3-2-4-16-8-10/h2-8H,1H3,(H,18,19)/b17-7+. The fourth-order valence-corrected chi connectivity index (χ4v) is 2.66. The van der Waals surface area contributed by atoms with Gasteiger partial charge in [0.15, 0.2) is 11.3 Å². The first-order chi connectivity index (χ1) is 11.2. The quantitative estimate of drug-likeness (QED) is 0.584. The number of nitrogens with one attached hydrogen (secondary N) is 1. The van der Waals surface area contributed by atoms with E-state index in [0.29, 0.717) is 27.2 Å². The van der Waals surface area contributed by atoms with E-state index in [9.17, 15) is 9.59 Å². The van der Waals surface area contributed by atoms with Crippen LogP contribution in [0.15, 0.2) is 51.0 Å². The summed E-state index contributed by atoms with van der Waals surface area (Å²) in [5.41, 5.74) is 3.88. The molecule has 0 atom stereocenters. The van der Waals surface area contributed by atoms with Crippen molar-refractivity contribution in [2.75, 3.05) is 7.11 Å². The summed E-state index contributed by atoms with van der Waals surface area (Å²) in [5, 5.41) is 3.89. The smallest absolute Gasteiger partial charge is 0.396 e. The molecular formula is C15H11N3O4S. The van der Waals surface area contributed by atoms with Crippen molar-refractivity contribution in [3.63, 3.8) is 0 Å². The van der Waals surface area contributed by atoms with Gasteiger partial charge in [-0.15, -0.1) is 0 Å². The lowest BCUT2D eigenvalue weighted by Gasteiger charge is -2.02. The molecule has 7 nitrogen and oxygen atoms in total. The predicted molar refractivity (Wildman–Crippen MR) is 86.2 cm³/mol. The summed E-state index contributed by atoms with van der Waals surface area (Å²) in [5.74, 6) is 0.0660. The highest BCUT2D eigenvalue weighted by molar-refractivity contribution is 7.16. The molecule has 0 spiro atoms. The number of hydrogen-bond donors (Lipinski definition) is 1. The van der Waals surface area contributed by atoms with Crippen LogP contribution in [-0.4, -0.2) is 24.2 Å². The van der Waals surface area contributed by atoms with Crippen LogP contribution in [0.1, 0.15) is 15.9 Å². The molecule has 0 saturated carbocycles. The van der Waals surface area contributed by atoms with Crippen molar-refractivity contribution in [3.8, 4) is 5.75 Å². The van der Waals surface area contributed by atoms with Crippen molar-refractivity contribution in [1.29, 1.82) is 0 Å². The van der Waals surface area contributed by atoms with Crippen LogP contribution in [0, 0.1) is 0 Å². The van der Waals surface area contributed by atoms with E-state index >= 15 is 0 Å². The Hall–Kier alpha value is -3.00. The number of carbonyl (C=O) groups is 1. The van der Waals surface area contributed by atoms with Gasteiger partial charge in [-0.05, 0) is 29.8 Å². The number of rotatable bonds is 4. The molecule has 0 radical (unpaired) electrons. The first-order valence-corrected chi connectivity index (χ1v) is 7.34. The highest BCUT2D eigenvalue weighted by Crippen LogP contribution is 2.28. The van der Waals surface area contributed by atoms with E-state index < -0.39 is 4.94 Å². The summed E-state index contributed by atoms with van der Waals surface area (Å²) in [7, 11) is 1.48. The second kappa shape index (κ2) is 6.41. The van der Waals surface area contributed by atoms with Crippen molar-refractivity contribution < 1.29 is 13.9 Å². The highest BCUT2D eigenvalue weighted by atomic mass is 32.1. The van der Waals surface area contributed by atoms with Crippen LogP contribution in [0.5, 0.6) is 5.75 Å². The number of carbonyl (C=O) groups excluding carboxylic acids is 1. The minimum absolute atomic E-state index is 0.365. The molecule has 1 aromatic carbocycles. The van der Waals surface area contributed by atoms with Gasteiger partial charge >= 0.3 is 4.94 Å². The third-order valence-corrected chi connectivity index (χ3v) is 3.72. The van der Waals surface area contributed by atoms with Crippen LogP contribution in [0.4, 0.5) is 0 Å². The Morgan fingerprint density at radius 1 is 1.48 bits per heavy atom. The van der Waals surface area contributed by atoms with Gasteiger partial charge in [0.25, 0.3) is 5.91 Å². The Kier molecular flexibility index (Phi) is 4.15. The molecular weight excluding hydrogens is 318 g/mol.